The van der Waals surface area contributed by atoms with E-state index < -0.39 is 0 Å². The lowest BCUT2D eigenvalue weighted by Gasteiger charge is -2.32. The Morgan fingerprint density at radius 1 is 1.32 bits per heavy atom. The normalized spacial score (nSPS) is 17.6. The number of rotatable bonds is 4. The van der Waals surface area contributed by atoms with Crippen molar-refractivity contribution in [1.82, 2.24) is 19.4 Å². The van der Waals surface area contributed by atoms with Gasteiger partial charge in [-0.3, -0.25) is 4.90 Å². The second kappa shape index (κ2) is 6.16. The fourth-order valence-corrected chi connectivity index (χ4v) is 2.33. The van der Waals surface area contributed by atoms with Crippen LogP contribution in [0.4, 0.5) is 0 Å². The highest BCUT2D eigenvalue weighted by Gasteiger charge is 2.17. The fourth-order valence-electron chi connectivity index (χ4n) is 2.33. The quantitative estimate of drug-likeness (QED) is 0.730. The first-order chi connectivity index (χ1) is 9.11. The molecule has 0 bridgehead atoms. The molecule has 1 aliphatic heterocycles. The summed E-state index contributed by atoms with van der Waals surface area (Å²) in [6, 6.07) is 0. The average molecular weight is 266 g/mol. The van der Waals surface area contributed by atoms with Gasteiger partial charge in [0.2, 0.25) is 0 Å². The maximum absolute atomic E-state index is 11.6. The van der Waals surface area contributed by atoms with E-state index in [2.05, 4.69) is 21.8 Å². The predicted octanol–water partition coefficient (Wildman–Crippen LogP) is 0.226. The van der Waals surface area contributed by atoms with Gasteiger partial charge in [-0.1, -0.05) is 0 Å². The lowest BCUT2D eigenvalue weighted by Crippen LogP contribution is -2.45. The number of carbonyl (C=O) groups is 1. The highest BCUT2D eigenvalue weighted by molar-refractivity contribution is 5.87. The van der Waals surface area contributed by atoms with Crippen LogP contribution in [0.2, 0.25) is 0 Å². The largest absolute Gasteiger partial charge is 0.464 e. The molecule has 0 N–H and O–H groups in total. The van der Waals surface area contributed by atoms with E-state index in [4.69, 9.17) is 4.74 Å². The van der Waals surface area contributed by atoms with Crippen molar-refractivity contribution in [3.05, 3.63) is 17.7 Å². The highest BCUT2D eigenvalue weighted by atomic mass is 16.5. The summed E-state index contributed by atoms with van der Waals surface area (Å²) in [5.74, 6) is 0.536. The van der Waals surface area contributed by atoms with Gasteiger partial charge in [0, 0.05) is 39.3 Å². The van der Waals surface area contributed by atoms with Crippen molar-refractivity contribution in [2.45, 2.75) is 13.5 Å². The summed E-state index contributed by atoms with van der Waals surface area (Å²) in [6.07, 6.45) is 1.59. The molecule has 1 aliphatic rings. The Bertz CT molecular complexity index is 436. The van der Waals surface area contributed by atoms with E-state index in [-0.39, 0.29) is 5.97 Å². The van der Waals surface area contributed by atoms with E-state index in [0.717, 1.165) is 45.1 Å². The standard InChI is InChI=1S/C13H22N4O2/c1-11-14-10-12(13(18)19-3)17(11)9-8-16-6-4-15(2)5-7-16/h10H,4-9H2,1-3H3. The van der Waals surface area contributed by atoms with Gasteiger partial charge in [-0.25, -0.2) is 9.78 Å². The molecule has 106 valence electrons. The van der Waals surface area contributed by atoms with Crippen LogP contribution in [0.3, 0.4) is 0 Å². The molecule has 0 saturated carbocycles. The van der Waals surface area contributed by atoms with Crippen LogP contribution in [-0.2, 0) is 11.3 Å². The SMILES string of the molecule is COC(=O)c1cnc(C)n1CCN1CCN(C)CC1. The number of imidazole rings is 1. The van der Waals surface area contributed by atoms with E-state index in [1.807, 2.05) is 11.5 Å². The first-order valence-corrected chi connectivity index (χ1v) is 6.63. The first-order valence-electron chi connectivity index (χ1n) is 6.63. The van der Waals surface area contributed by atoms with Crippen LogP contribution in [0.1, 0.15) is 16.3 Å². The average Bonchev–Trinajstić information content (AvgIpc) is 2.78. The molecule has 0 radical (unpaired) electrons. The number of hydrogen-bond donors (Lipinski definition) is 0. The van der Waals surface area contributed by atoms with Crippen LogP contribution < -0.4 is 0 Å². The molecule has 0 spiro atoms. The molecule has 2 rings (SSSR count). The minimum atomic E-state index is -0.320. The summed E-state index contributed by atoms with van der Waals surface area (Å²) in [5.41, 5.74) is 0.536. The Hall–Kier alpha value is -1.40. The minimum absolute atomic E-state index is 0.320. The molecular formula is C13H22N4O2. The van der Waals surface area contributed by atoms with Crippen LogP contribution >= 0.6 is 0 Å². The van der Waals surface area contributed by atoms with Crippen molar-refractivity contribution in [2.75, 3.05) is 46.9 Å². The van der Waals surface area contributed by atoms with Gasteiger partial charge in [-0.2, -0.15) is 0 Å². The van der Waals surface area contributed by atoms with Gasteiger partial charge in [0.25, 0.3) is 0 Å². The molecule has 0 atom stereocenters. The maximum Gasteiger partial charge on any atom is 0.356 e. The van der Waals surface area contributed by atoms with Crippen LogP contribution in [0.25, 0.3) is 0 Å². The number of ether oxygens (including phenoxy) is 1. The fraction of sp³-hybridized carbons (Fsp3) is 0.692. The number of nitrogens with zero attached hydrogens (tertiary/aromatic N) is 4. The number of esters is 1. The monoisotopic (exact) mass is 266 g/mol. The Morgan fingerprint density at radius 3 is 2.63 bits per heavy atom. The number of carbonyl (C=O) groups excluding carboxylic acids is 1. The molecule has 2 heterocycles. The summed E-state index contributed by atoms with van der Waals surface area (Å²) in [4.78, 5) is 20.6. The highest BCUT2D eigenvalue weighted by Crippen LogP contribution is 2.07. The van der Waals surface area contributed by atoms with Gasteiger partial charge in [-0.05, 0) is 14.0 Å². The van der Waals surface area contributed by atoms with E-state index in [9.17, 15) is 4.79 Å². The van der Waals surface area contributed by atoms with Crippen LogP contribution in [-0.4, -0.2) is 72.2 Å². The van der Waals surface area contributed by atoms with E-state index in [1.54, 1.807) is 6.20 Å². The zero-order chi connectivity index (χ0) is 13.8. The lowest BCUT2D eigenvalue weighted by molar-refractivity contribution is 0.0586. The summed E-state index contributed by atoms with van der Waals surface area (Å²) >= 11 is 0. The second-order valence-electron chi connectivity index (χ2n) is 4.98. The molecule has 1 aromatic rings. The lowest BCUT2D eigenvalue weighted by atomic mass is 10.3. The second-order valence-corrected chi connectivity index (χ2v) is 4.98. The Morgan fingerprint density at radius 2 is 2.00 bits per heavy atom. The maximum atomic E-state index is 11.6. The van der Waals surface area contributed by atoms with Crippen molar-refractivity contribution >= 4 is 5.97 Å². The zero-order valence-corrected chi connectivity index (χ0v) is 11.9. The molecule has 1 fully saturated rings. The van der Waals surface area contributed by atoms with Crippen molar-refractivity contribution in [3.8, 4) is 0 Å². The molecule has 0 aromatic carbocycles. The van der Waals surface area contributed by atoms with E-state index in [0.29, 0.717) is 5.69 Å². The third-order valence-corrected chi connectivity index (χ3v) is 3.69. The molecule has 1 aromatic heterocycles. The van der Waals surface area contributed by atoms with Crippen molar-refractivity contribution in [3.63, 3.8) is 0 Å². The number of aryl methyl sites for hydroxylation is 1. The molecule has 6 heteroatoms. The number of piperazine rings is 1. The summed E-state index contributed by atoms with van der Waals surface area (Å²) in [5, 5.41) is 0. The van der Waals surface area contributed by atoms with Crippen LogP contribution in [0, 0.1) is 6.92 Å². The molecule has 0 aliphatic carbocycles. The molecule has 19 heavy (non-hydrogen) atoms. The third kappa shape index (κ3) is 3.33. The zero-order valence-electron chi connectivity index (χ0n) is 11.9. The van der Waals surface area contributed by atoms with E-state index in [1.165, 1.54) is 7.11 Å². The van der Waals surface area contributed by atoms with Crippen LogP contribution in [0.15, 0.2) is 6.20 Å². The number of methoxy groups -OCH3 is 1. The molecule has 0 amide bonds. The minimum Gasteiger partial charge on any atom is -0.464 e. The molecule has 0 unspecified atom stereocenters. The van der Waals surface area contributed by atoms with Crippen molar-refractivity contribution < 1.29 is 9.53 Å². The molecule has 1 saturated heterocycles. The Balaban J connectivity index is 1.95. The van der Waals surface area contributed by atoms with E-state index >= 15 is 0 Å². The molecule has 6 nitrogen and oxygen atoms in total. The van der Waals surface area contributed by atoms with Gasteiger partial charge in [0.05, 0.1) is 13.3 Å². The Labute approximate surface area is 114 Å². The van der Waals surface area contributed by atoms with Crippen molar-refractivity contribution in [1.29, 1.82) is 0 Å². The van der Waals surface area contributed by atoms with Crippen molar-refractivity contribution in [2.24, 2.45) is 0 Å². The first kappa shape index (κ1) is 14.0. The topological polar surface area (TPSA) is 50.6 Å². The summed E-state index contributed by atoms with van der Waals surface area (Å²) in [6.45, 7) is 8.00. The van der Waals surface area contributed by atoms with Gasteiger partial charge in [-0.15, -0.1) is 0 Å². The van der Waals surface area contributed by atoms with Gasteiger partial charge in [0.15, 0.2) is 0 Å². The smallest absolute Gasteiger partial charge is 0.356 e. The molecular weight excluding hydrogens is 244 g/mol. The van der Waals surface area contributed by atoms with Gasteiger partial charge < -0.3 is 14.2 Å². The predicted molar refractivity (Wildman–Crippen MR) is 72.2 cm³/mol. The third-order valence-electron chi connectivity index (χ3n) is 3.69. The summed E-state index contributed by atoms with van der Waals surface area (Å²) < 4.78 is 6.71. The number of hydrogen-bond acceptors (Lipinski definition) is 5. The van der Waals surface area contributed by atoms with Gasteiger partial charge >= 0.3 is 5.97 Å². The van der Waals surface area contributed by atoms with Crippen LogP contribution in [0.5, 0.6) is 0 Å². The van der Waals surface area contributed by atoms with Gasteiger partial charge in [0.1, 0.15) is 11.5 Å². The Kier molecular flexibility index (Phi) is 4.55. The summed E-state index contributed by atoms with van der Waals surface area (Å²) in [7, 11) is 3.54. The number of aromatic nitrogens is 2. The number of likely N-dealkylation sites (N-methyl/N-ethyl adjacent to an activating group) is 1.